The summed E-state index contributed by atoms with van der Waals surface area (Å²) in [5, 5.41) is 10.5. The molecule has 17 heavy (non-hydrogen) atoms. The van der Waals surface area contributed by atoms with E-state index in [1.165, 1.54) is 12.1 Å². The Morgan fingerprint density at radius 3 is 2.71 bits per heavy atom. The molecule has 94 valence electrons. The van der Waals surface area contributed by atoms with Crippen molar-refractivity contribution in [2.75, 3.05) is 0 Å². The fourth-order valence-electron chi connectivity index (χ4n) is 2.01. The van der Waals surface area contributed by atoms with Gasteiger partial charge in [-0.2, -0.15) is 0 Å². The normalized spacial score (nSPS) is 27.9. The molecule has 2 atom stereocenters. The lowest BCUT2D eigenvalue weighted by molar-refractivity contribution is -0.403. The Balaban J connectivity index is 2.18. The monoisotopic (exact) mass is 241 g/mol. The van der Waals surface area contributed by atoms with Gasteiger partial charge in [-0.1, -0.05) is 0 Å². The number of hydrogen-bond acceptors (Lipinski definition) is 5. The molecule has 1 saturated heterocycles. The summed E-state index contributed by atoms with van der Waals surface area (Å²) >= 11 is 0. The zero-order chi connectivity index (χ0) is 12.6. The number of ether oxygens (including phenoxy) is 2. The molecule has 1 aliphatic rings. The molecule has 0 aliphatic carbocycles. The molecule has 1 aliphatic heterocycles. The molecule has 1 aromatic rings. The quantitative estimate of drug-likeness (QED) is 0.587. The number of nitrogens with zero attached hydrogens (tertiary/aromatic N) is 1. The lowest BCUT2D eigenvalue weighted by atomic mass is 10.00. The van der Waals surface area contributed by atoms with Gasteiger partial charge in [0.25, 0.3) is 0 Å². The van der Waals surface area contributed by atoms with Crippen molar-refractivity contribution < 1.29 is 18.8 Å². The number of furan rings is 1. The van der Waals surface area contributed by atoms with Crippen molar-refractivity contribution in [3.05, 3.63) is 28.0 Å². The van der Waals surface area contributed by atoms with Crippen LogP contribution in [0.2, 0.25) is 0 Å². The Labute approximate surface area is 98.7 Å². The van der Waals surface area contributed by atoms with E-state index in [-0.39, 0.29) is 17.6 Å². The highest BCUT2D eigenvalue weighted by atomic mass is 16.7. The van der Waals surface area contributed by atoms with Crippen LogP contribution in [0.1, 0.15) is 39.2 Å². The molecule has 0 amide bonds. The van der Waals surface area contributed by atoms with Crippen LogP contribution >= 0.6 is 0 Å². The van der Waals surface area contributed by atoms with E-state index in [9.17, 15) is 10.1 Å². The highest BCUT2D eigenvalue weighted by Gasteiger charge is 2.36. The first-order valence-electron chi connectivity index (χ1n) is 5.45. The van der Waals surface area contributed by atoms with Gasteiger partial charge < -0.3 is 13.9 Å². The molecule has 1 aromatic heterocycles. The minimum Gasteiger partial charge on any atom is -0.400 e. The predicted molar refractivity (Wildman–Crippen MR) is 58.4 cm³/mol. The van der Waals surface area contributed by atoms with Crippen LogP contribution in [-0.4, -0.2) is 16.6 Å². The van der Waals surface area contributed by atoms with Crippen LogP contribution in [-0.2, 0) is 9.47 Å². The van der Waals surface area contributed by atoms with E-state index in [0.29, 0.717) is 5.76 Å². The Hall–Kier alpha value is -1.40. The van der Waals surface area contributed by atoms with Crippen LogP contribution in [0.25, 0.3) is 0 Å². The minimum atomic E-state index is -0.678. The van der Waals surface area contributed by atoms with Gasteiger partial charge in [-0.15, -0.1) is 0 Å². The first-order chi connectivity index (χ1) is 7.87. The number of hydrogen-bond donors (Lipinski definition) is 0. The molecule has 0 radical (unpaired) electrons. The van der Waals surface area contributed by atoms with E-state index in [1.54, 1.807) is 0 Å². The van der Waals surface area contributed by atoms with Crippen LogP contribution < -0.4 is 0 Å². The van der Waals surface area contributed by atoms with Crippen molar-refractivity contribution in [2.45, 2.75) is 45.2 Å². The third-order valence-corrected chi connectivity index (χ3v) is 2.59. The largest absolute Gasteiger partial charge is 0.433 e. The second kappa shape index (κ2) is 4.12. The van der Waals surface area contributed by atoms with Crippen molar-refractivity contribution in [1.29, 1.82) is 0 Å². The van der Waals surface area contributed by atoms with Gasteiger partial charge in [-0.25, -0.2) is 0 Å². The smallest absolute Gasteiger partial charge is 0.400 e. The average Bonchev–Trinajstić information content (AvgIpc) is 2.62. The Morgan fingerprint density at radius 2 is 2.18 bits per heavy atom. The molecule has 1 fully saturated rings. The molecule has 2 rings (SSSR count). The number of nitro groups is 1. The van der Waals surface area contributed by atoms with E-state index in [0.717, 1.165) is 6.42 Å². The van der Waals surface area contributed by atoms with Gasteiger partial charge in [0.05, 0.1) is 17.8 Å². The topological polar surface area (TPSA) is 74.7 Å². The Bertz CT molecular complexity index is 425. The fourth-order valence-corrected chi connectivity index (χ4v) is 2.01. The first kappa shape index (κ1) is 12.1. The summed E-state index contributed by atoms with van der Waals surface area (Å²) in [5.74, 6) is 0.0274. The number of rotatable bonds is 2. The van der Waals surface area contributed by atoms with Crippen LogP contribution in [0.5, 0.6) is 0 Å². The van der Waals surface area contributed by atoms with Gasteiger partial charge in [-0.05, 0) is 26.8 Å². The van der Waals surface area contributed by atoms with Crippen molar-refractivity contribution >= 4 is 5.88 Å². The molecule has 0 N–H and O–H groups in total. The van der Waals surface area contributed by atoms with E-state index in [1.807, 2.05) is 20.8 Å². The highest BCUT2D eigenvalue weighted by Crippen LogP contribution is 2.36. The van der Waals surface area contributed by atoms with E-state index < -0.39 is 11.2 Å². The zero-order valence-corrected chi connectivity index (χ0v) is 10.0. The summed E-state index contributed by atoms with van der Waals surface area (Å²) < 4.78 is 16.3. The summed E-state index contributed by atoms with van der Waals surface area (Å²) in [6, 6.07) is 2.81. The maximum absolute atomic E-state index is 10.5. The summed E-state index contributed by atoms with van der Waals surface area (Å²) in [7, 11) is 0. The summed E-state index contributed by atoms with van der Waals surface area (Å²) in [5.41, 5.74) is -0.329. The lowest BCUT2D eigenvalue weighted by Crippen LogP contribution is -2.38. The first-order valence-corrected chi connectivity index (χ1v) is 5.45. The van der Waals surface area contributed by atoms with Crippen LogP contribution in [0.15, 0.2) is 16.5 Å². The molecule has 2 heterocycles. The summed E-state index contributed by atoms with van der Waals surface area (Å²) in [4.78, 5) is 9.94. The van der Waals surface area contributed by atoms with E-state index in [2.05, 4.69) is 0 Å². The minimum absolute atomic E-state index is 0.0212. The zero-order valence-electron chi connectivity index (χ0n) is 10.0. The van der Waals surface area contributed by atoms with Crippen molar-refractivity contribution in [3.63, 3.8) is 0 Å². The molecule has 6 heteroatoms. The Morgan fingerprint density at radius 1 is 1.47 bits per heavy atom. The van der Waals surface area contributed by atoms with Gasteiger partial charge in [0.15, 0.2) is 5.76 Å². The maximum atomic E-state index is 10.5. The third-order valence-electron chi connectivity index (χ3n) is 2.59. The van der Waals surface area contributed by atoms with Crippen molar-refractivity contribution in [3.8, 4) is 0 Å². The molecule has 0 aromatic carbocycles. The van der Waals surface area contributed by atoms with Crippen LogP contribution in [0.3, 0.4) is 0 Å². The summed E-state index contributed by atoms with van der Waals surface area (Å²) in [6.45, 7) is 5.85. The van der Waals surface area contributed by atoms with Gasteiger partial charge in [0.1, 0.15) is 4.92 Å². The average molecular weight is 241 g/mol. The van der Waals surface area contributed by atoms with Crippen LogP contribution in [0, 0.1) is 10.1 Å². The SMILES string of the molecule is CC1CC(C)(C)OC(c2ccc([N+](=O)[O-])o2)O1. The molecule has 0 saturated carbocycles. The Kier molecular flexibility index (Phi) is 2.92. The summed E-state index contributed by atoms with van der Waals surface area (Å²) in [6.07, 6.45) is 0.113. The molecule has 2 unspecified atom stereocenters. The maximum Gasteiger partial charge on any atom is 0.433 e. The molecular weight excluding hydrogens is 226 g/mol. The van der Waals surface area contributed by atoms with Crippen LogP contribution in [0.4, 0.5) is 5.88 Å². The molecule has 0 bridgehead atoms. The predicted octanol–water partition coefficient (Wildman–Crippen LogP) is 2.79. The van der Waals surface area contributed by atoms with Gasteiger partial charge in [-0.3, -0.25) is 10.1 Å². The standard InChI is InChI=1S/C11H15NO5/c1-7-6-11(2,3)17-10(15-7)8-4-5-9(16-8)12(13)14/h4-5,7,10H,6H2,1-3H3. The lowest BCUT2D eigenvalue weighted by Gasteiger charge is -2.38. The third kappa shape index (κ3) is 2.65. The van der Waals surface area contributed by atoms with E-state index >= 15 is 0 Å². The van der Waals surface area contributed by atoms with Gasteiger partial charge in [0, 0.05) is 6.42 Å². The molecular formula is C11H15NO5. The highest BCUT2D eigenvalue weighted by molar-refractivity contribution is 5.18. The molecule has 0 spiro atoms. The second-order valence-corrected chi connectivity index (χ2v) is 4.79. The van der Waals surface area contributed by atoms with Gasteiger partial charge in [0.2, 0.25) is 6.29 Å². The van der Waals surface area contributed by atoms with Gasteiger partial charge >= 0.3 is 5.88 Å². The van der Waals surface area contributed by atoms with E-state index in [4.69, 9.17) is 13.9 Å². The van der Waals surface area contributed by atoms with Crippen molar-refractivity contribution in [1.82, 2.24) is 0 Å². The second-order valence-electron chi connectivity index (χ2n) is 4.79. The van der Waals surface area contributed by atoms with Crippen molar-refractivity contribution in [2.24, 2.45) is 0 Å². The fraction of sp³-hybridized carbons (Fsp3) is 0.636. The molecule has 6 nitrogen and oxygen atoms in total.